The Bertz CT molecular complexity index is 940. The van der Waals surface area contributed by atoms with E-state index in [4.69, 9.17) is 19.7 Å². The van der Waals surface area contributed by atoms with E-state index in [1.54, 1.807) is 14.2 Å². The Hall–Kier alpha value is -2.88. The number of ether oxygens (including phenoxy) is 2. The van der Waals surface area contributed by atoms with E-state index in [-0.39, 0.29) is 10.8 Å². The van der Waals surface area contributed by atoms with Gasteiger partial charge in [-0.1, -0.05) is 26.0 Å². The van der Waals surface area contributed by atoms with Gasteiger partial charge in [-0.05, 0) is 65.1 Å². The Morgan fingerprint density at radius 3 is 1.39 bits per heavy atom. The molecule has 0 spiro atoms. The minimum absolute atomic E-state index is 0.0982. The van der Waals surface area contributed by atoms with Gasteiger partial charge in [-0.2, -0.15) is 10.2 Å². The number of hydrogen-bond donors (Lipinski definition) is 0. The number of allylic oxidation sites excluding steroid dienone is 2. The van der Waals surface area contributed by atoms with Gasteiger partial charge in [0, 0.05) is 17.3 Å². The summed E-state index contributed by atoms with van der Waals surface area (Å²) >= 11 is 0. The third-order valence-corrected chi connectivity index (χ3v) is 6.97. The van der Waals surface area contributed by atoms with Gasteiger partial charge in [0.2, 0.25) is 0 Å². The molecule has 0 amide bonds. The van der Waals surface area contributed by atoms with Crippen LogP contribution < -0.4 is 9.47 Å². The SMILES string of the molecule is COc1ccc(C2=NN=C(c3ccc(OC)cc3)[C@H]3[C@@H]2C3(C)C2(C)C=C2)cc1. The second kappa shape index (κ2) is 5.81. The molecule has 2 aromatic carbocycles. The highest BCUT2D eigenvalue weighted by Crippen LogP contribution is 2.74. The van der Waals surface area contributed by atoms with Gasteiger partial charge in [0.1, 0.15) is 11.5 Å². The van der Waals surface area contributed by atoms with Crippen molar-refractivity contribution in [1.82, 2.24) is 0 Å². The lowest BCUT2D eigenvalue weighted by molar-refractivity contribution is 0.354. The van der Waals surface area contributed by atoms with Crippen molar-refractivity contribution >= 4 is 11.4 Å². The predicted octanol–water partition coefficient (Wildman–Crippen LogP) is 4.74. The van der Waals surface area contributed by atoms with Crippen LogP contribution in [0.3, 0.4) is 0 Å². The van der Waals surface area contributed by atoms with Gasteiger partial charge < -0.3 is 9.47 Å². The Kier molecular flexibility index (Phi) is 3.57. The molecule has 1 unspecified atom stereocenters. The zero-order valence-corrected chi connectivity index (χ0v) is 16.6. The van der Waals surface area contributed by atoms with Crippen LogP contribution in [0.2, 0.25) is 0 Å². The lowest BCUT2D eigenvalue weighted by Crippen LogP contribution is -2.19. The van der Waals surface area contributed by atoms with Crippen molar-refractivity contribution in [2.45, 2.75) is 13.8 Å². The van der Waals surface area contributed by atoms with Crippen molar-refractivity contribution in [3.8, 4) is 11.5 Å². The molecule has 0 N–H and O–H groups in total. The topological polar surface area (TPSA) is 43.2 Å². The molecule has 4 heteroatoms. The first-order valence-electron chi connectivity index (χ1n) is 9.66. The molecule has 1 heterocycles. The van der Waals surface area contributed by atoms with Crippen molar-refractivity contribution in [3.05, 3.63) is 71.8 Å². The molecule has 28 heavy (non-hydrogen) atoms. The molecule has 0 saturated heterocycles. The fourth-order valence-corrected chi connectivity index (χ4v) is 4.78. The largest absolute Gasteiger partial charge is 0.497 e. The number of benzene rings is 2. The number of nitrogens with zero attached hydrogens (tertiary/aromatic N) is 2. The van der Waals surface area contributed by atoms with Gasteiger partial charge >= 0.3 is 0 Å². The molecule has 1 fully saturated rings. The Morgan fingerprint density at radius 2 is 1.07 bits per heavy atom. The summed E-state index contributed by atoms with van der Waals surface area (Å²) in [6.07, 6.45) is 4.64. The van der Waals surface area contributed by atoms with E-state index in [9.17, 15) is 0 Å². The number of rotatable bonds is 5. The van der Waals surface area contributed by atoms with Crippen LogP contribution in [-0.2, 0) is 0 Å². The molecule has 2 aromatic rings. The van der Waals surface area contributed by atoms with Crippen molar-refractivity contribution < 1.29 is 9.47 Å². The maximum absolute atomic E-state index is 5.31. The molecule has 142 valence electrons. The van der Waals surface area contributed by atoms with E-state index in [0.29, 0.717) is 11.8 Å². The van der Waals surface area contributed by atoms with Crippen molar-refractivity contribution in [2.24, 2.45) is 32.9 Å². The van der Waals surface area contributed by atoms with Crippen LogP contribution in [0, 0.1) is 22.7 Å². The fourth-order valence-electron chi connectivity index (χ4n) is 4.78. The smallest absolute Gasteiger partial charge is 0.118 e. The van der Waals surface area contributed by atoms with Crippen LogP contribution in [0.5, 0.6) is 11.5 Å². The van der Waals surface area contributed by atoms with E-state index in [0.717, 1.165) is 34.0 Å². The minimum atomic E-state index is 0.0982. The van der Waals surface area contributed by atoms with Crippen LogP contribution in [0.15, 0.2) is 70.9 Å². The highest BCUT2D eigenvalue weighted by molar-refractivity contribution is 6.16. The lowest BCUT2D eigenvalue weighted by atomic mass is 9.81. The summed E-state index contributed by atoms with van der Waals surface area (Å²) in [4.78, 5) is 0. The van der Waals surface area contributed by atoms with Gasteiger partial charge in [-0.15, -0.1) is 0 Å². The molecule has 4 nitrogen and oxygen atoms in total. The second-order valence-corrected chi connectivity index (χ2v) is 8.28. The maximum atomic E-state index is 5.31. The lowest BCUT2D eigenvalue weighted by Gasteiger charge is -2.21. The zero-order chi connectivity index (χ0) is 19.5. The summed E-state index contributed by atoms with van der Waals surface area (Å²) in [5, 5.41) is 9.44. The molecule has 0 aromatic heterocycles. The highest BCUT2D eigenvalue weighted by atomic mass is 16.5. The van der Waals surface area contributed by atoms with E-state index >= 15 is 0 Å². The summed E-state index contributed by atoms with van der Waals surface area (Å²) in [7, 11) is 3.37. The summed E-state index contributed by atoms with van der Waals surface area (Å²) in [6.45, 7) is 4.70. The summed E-state index contributed by atoms with van der Waals surface area (Å²) < 4.78 is 10.6. The highest BCUT2D eigenvalue weighted by Gasteiger charge is 2.74. The standard InChI is InChI=1S/C24H24N2O2/c1-23(13-14-23)24(2)19-20(24)22(16-7-11-18(28-4)12-8-16)26-25-21(19)15-5-9-17(27-3)10-6-15/h5-14,19-20H,1-4H3/t19-,20+,24?. The van der Waals surface area contributed by atoms with E-state index in [1.165, 1.54) is 0 Å². The van der Waals surface area contributed by atoms with Crippen LogP contribution in [0.4, 0.5) is 0 Å². The first-order valence-corrected chi connectivity index (χ1v) is 9.66. The molecule has 2 aliphatic carbocycles. The van der Waals surface area contributed by atoms with Crippen molar-refractivity contribution in [3.63, 3.8) is 0 Å². The molecular weight excluding hydrogens is 348 g/mol. The summed E-state index contributed by atoms with van der Waals surface area (Å²) in [5.74, 6) is 2.42. The van der Waals surface area contributed by atoms with Crippen LogP contribution in [-0.4, -0.2) is 25.6 Å². The molecule has 0 radical (unpaired) electrons. The summed E-state index contributed by atoms with van der Waals surface area (Å²) in [5.41, 5.74) is 4.65. The van der Waals surface area contributed by atoms with E-state index < -0.39 is 0 Å². The molecule has 0 bridgehead atoms. The molecule has 1 aliphatic heterocycles. The molecule has 1 saturated carbocycles. The third-order valence-electron chi connectivity index (χ3n) is 6.97. The van der Waals surface area contributed by atoms with Gasteiger partial charge in [-0.3, -0.25) is 0 Å². The first-order chi connectivity index (χ1) is 13.5. The Morgan fingerprint density at radius 1 is 0.679 bits per heavy atom. The quantitative estimate of drug-likeness (QED) is 0.712. The maximum Gasteiger partial charge on any atom is 0.118 e. The molecule has 3 atom stereocenters. The average molecular weight is 372 g/mol. The third kappa shape index (κ3) is 2.30. The second-order valence-electron chi connectivity index (χ2n) is 8.28. The molecule has 5 rings (SSSR count). The Balaban J connectivity index is 1.57. The van der Waals surface area contributed by atoms with Gasteiger partial charge in [-0.25, -0.2) is 0 Å². The monoisotopic (exact) mass is 372 g/mol. The molecule has 3 aliphatic rings. The Labute approximate surface area is 165 Å². The summed E-state index contributed by atoms with van der Waals surface area (Å²) in [6, 6.07) is 16.3. The zero-order valence-electron chi connectivity index (χ0n) is 16.6. The predicted molar refractivity (Wildman–Crippen MR) is 111 cm³/mol. The minimum Gasteiger partial charge on any atom is -0.497 e. The van der Waals surface area contributed by atoms with E-state index in [2.05, 4.69) is 50.3 Å². The van der Waals surface area contributed by atoms with E-state index in [1.807, 2.05) is 24.3 Å². The molecular formula is C24H24N2O2. The normalized spacial score (nSPS) is 28.7. The number of methoxy groups -OCH3 is 2. The number of fused-ring (bicyclic) bond motifs is 1. The first kappa shape index (κ1) is 17.2. The van der Waals surface area contributed by atoms with Gasteiger partial charge in [0.25, 0.3) is 0 Å². The number of hydrogen-bond acceptors (Lipinski definition) is 4. The average Bonchev–Trinajstić information content (AvgIpc) is 3.65. The van der Waals surface area contributed by atoms with Crippen LogP contribution >= 0.6 is 0 Å². The van der Waals surface area contributed by atoms with Crippen molar-refractivity contribution in [1.29, 1.82) is 0 Å². The van der Waals surface area contributed by atoms with Gasteiger partial charge in [0.05, 0.1) is 25.6 Å². The fraction of sp³-hybridized carbons (Fsp3) is 0.333. The van der Waals surface area contributed by atoms with Crippen LogP contribution in [0.1, 0.15) is 25.0 Å². The van der Waals surface area contributed by atoms with Crippen molar-refractivity contribution in [2.75, 3.05) is 14.2 Å². The van der Waals surface area contributed by atoms with Crippen LogP contribution in [0.25, 0.3) is 0 Å². The van der Waals surface area contributed by atoms with Gasteiger partial charge in [0.15, 0.2) is 0 Å².